The zero-order valence-corrected chi connectivity index (χ0v) is 14.7. The first kappa shape index (κ1) is 18.2. The summed E-state index contributed by atoms with van der Waals surface area (Å²) in [6, 6.07) is 11.6. The van der Waals surface area contributed by atoms with E-state index in [2.05, 4.69) is 75.2 Å². The molecular formula is C19H34N2. The van der Waals surface area contributed by atoms with E-state index in [4.69, 9.17) is 0 Å². The highest BCUT2D eigenvalue weighted by molar-refractivity contribution is 5.25. The minimum atomic E-state index is 0.163. The van der Waals surface area contributed by atoms with Crippen molar-refractivity contribution in [3.63, 3.8) is 0 Å². The highest BCUT2D eigenvalue weighted by atomic mass is 15.2. The monoisotopic (exact) mass is 290 g/mol. The van der Waals surface area contributed by atoms with Crippen molar-refractivity contribution >= 4 is 0 Å². The van der Waals surface area contributed by atoms with E-state index in [1.54, 1.807) is 0 Å². The van der Waals surface area contributed by atoms with Crippen molar-refractivity contribution in [1.29, 1.82) is 0 Å². The fourth-order valence-corrected chi connectivity index (χ4v) is 2.92. The van der Waals surface area contributed by atoms with E-state index in [1.807, 2.05) is 0 Å². The molecule has 21 heavy (non-hydrogen) atoms. The van der Waals surface area contributed by atoms with Gasteiger partial charge in [-0.2, -0.15) is 0 Å². The molecule has 0 aliphatic rings. The van der Waals surface area contributed by atoms with Crippen molar-refractivity contribution in [2.24, 2.45) is 0 Å². The second kappa shape index (κ2) is 9.22. The van der Waals surface area contributed by atoms with Gasteiger partial charge in [-0.1, -0.05) is 58.0 Å². The molecule has 0 bridgehead atoms. The summed E-state index contributed by atoms with van der Waals surface area (Å²) < 4.78 is 0. The Labute approximate surface area is 131 Å². The van der Waals surface area contributed by atoms with Gasteiger partial charge in [-0.25, -0.2) is 0 Å². The molecular weight excluding hydrogens is 256 g/mol. The van der Waals surface area contributed by atoms with Crippen LogP contribution >= 0.6 is 0 Å². The Kier molecular flexibility index (Phi) is 7.98. The molecule has 0 saturated carbocycles. The summed E-state index contributed by atoms with van der Waals surface area (Å²) >= 11 is 0. The van der Waals surface area contributed by atoms with Gasteiger partial charge in [0.2, 0.25) is 0 Å². The van der Waals surface area contributed by atoms with E-state index in [1.165, 1.54) is 18.4 Å². The third-order valence-electron chi connectivity index (χ3n) is 4.59. The van der Waals surface area contributed by atoms with Crippen molar-refractivity contribution in [1.82, 2.24) is 10.2 Å². The van der Waals surface area contributed by atoms with Crippen molar-refractivity contribution in [2.75, 3.05) is 26.2 Å². The number of hydrogen-bond acceptors (Lipinski definition) is 2. The van der Waals surface area contributed by atoms with Crippen molar-refractivity contribution < 1.29 is 0 Å². The standard InChI is InChI=1S/C19H34N2/c1-6-14-20-15-19(5,18-12-10-9-11-13-18)16-21(8-3)17(4)7-2/h9-13,17,20H,6-8,14-16H2,1-5H3. The first-order chi connectivity index (χ1) is 10.1. The molecule has 0 fully saturated rings. The maximum Gasteiger partial charge on any atom is 0.0177 e. The van der Waals surface area contributed by atoms with Crippen LogP contribution < -0.4 is 5.32 Å². The predicted octanol–water partition coefficient (Wildman–Crippen LogP) is 4.06. The van der Waals surface area contributed by atoms with Gasteiger partial charge in [0.1, 0.15) is 0 Å². The van der Waals surface area contributed by atoms with E-state index in [0.29, 0.717) is 6.04 Å². The zero-order valence-electron chi connectivity index (χ0n) is 14.7. The molecule has 1 aromatic rings. The Morgan fingerprint density at radius 1 is 1.14 bits per heavy atom. The van der Waals surface area contributed by atoms with E-state index < -0.39 is 0 Å². The number of hydrogen-bond donors (Lipinski definition) is 1. The van der Waals surface area contributed by atoms with E-state index in [0.717, 1.165) is 26.2 Å². The first-order valence-electron chi connectivity index (χ1n) is 8.57. The normalized spacial score (nSPS) is 15.9. The lowest BCUT2D eigenvalue weighted by Crippen LogP contribution is -2.48. The lowest BCUT2D eigenvalue weighted by atomic mass is 9.81. The van der Waals surface area contributed by atoms with Crippen molar-refractivity contribution in [2.45, 2.75) is 58.9 Å². The molecule has 0 heterocycles. The predicted molar refractivity (Wildman–Crippen MR) is 94.0 cm³/mol. The Hall–Kier alpha value is -0.860. The fraction of sp³-hybridized carbons (Fsp3) is 0.684. The summed E-state index contributed by atoms with van der Waals surface area (Å²) in [5.41, 5.74) is 1.60. The Morgan fingerprint density at radius 2 is 1.81 bits per heavy atom. The smallest absolute Gasteiger partial charge is 0.0177 e. The second-order valence-corrected chi connectivity index (χ2v) is 6.42. The molecule has 2 heteroatoms. The van der Waals surface area contributed by atoms with Crippen LogP contribution in [0.3, 0.4) is 0 Å². The van der Waals surface area contributed by atoms with E-state index >= 15 is 0 Å². The van der Waals surface area contributed by atoms with Gasteiger partial charge < -0.3 is 10.2 Å². The topological polar surface area (TPSA) is 15.3 Å². The lowest BCUT2D eigenvalue weighted by molar-refractivity contribution is 0.167. The van der Waals surface area contributed by atoms with Crippen LogP contribution in [-0.2, 0) is 5.41 Å². The van der Waals surface area contributed by atoms with Crippen LogP contribution in [0.1, 0.15) is 53.0 Å². The molecule has 1 N–H and O–H groups in total. The average molecular weight is 290 g/mol. The van der Waals surface area contributed by atoms with E-state index in [9.17, 15) is 0 Å². The molecule has 2 unspecified atom stereocenters. The molecule has 0 aliphatic carbocycles. The zero-order chi connectivity index (χ0) is 15.7. The molecule has 0 spiro atoms. The number of nitrogens with one attached hydrogen (secondary N) is 1. The minimum absolute atomic E-state index is 0.163. The quantitative estimate of drug-likeness (QED) is 0.654. The van der Waals surface area contributed by atoms with Gasteiger partial charge >= 0.3 is 0 Å². The number of rotatable bonds is 10. The maximum absolute atomic E-state index is 3.63. The largest absolute Gasteiger partial charge is 0.316 e. The average Bonchev–Trinajstić information content (AvgIpc) is 2.53. The number of likely N-dealkylation sites (N-methyl/N-ethyl adjacent to an activating group) is 1. The van der Waals surface area contributed by atoms with Crippen LogP contribution in [0, 0.1) is 0 Å². The van der Waals surface area contributed by atoms with Crippen LogP contribution in [0.4, 0.5) is 0 Å². The fourth-order valence-electron chi connectivity index (χ4n) is 2.92. The molecule has 120 valence electrons. The van der Waals surface area contributed by atoms with Gasteiger partial charge in [0.15, 0.2) is 0 Å². The van der Waals surface area contributed by atoms with Gasteiger partial charge in [0.05, 0.1) is 0 Å². The molecule has 2 atom stereocenters. The molecule has 1 aromatic carbocycles. The molecule has 1 rings (SSSR count). The van der Waals surface area contributed by atoms with Crippen LogP contribution in [-0.4, -0.2) is 37.1 Å². The lowest BCUT2D eigenvalue weighted by Gasteiger charge is -2.38. The van der Waals surface area contributed by atoms with Gasteiger partial charge in [0.25, 0.3) is 0 Å². The molecule has 0 radical (unpaired) electrons. The maximum atomic E-state index is 3.63. The van der Waals surface area contributed by atoms with Gasteiger partial charge in [0, 0.05) is 24.5 Å². The van der Waals surface area contributed by atoms with Crippen LogP contribution in [0.25, 0.3) is 0 Å². The molecule has 0 amide bonds. The molecule has 0 aliphatic heterocycles. The Balaban J connectivity index is 2.90. The van der Waals surface area contributed by atoms with Crippen molar-refractivity contribution in [3.05, 3.63) is 35.9 Å². The Bertz CT molecular complexity index is 376. The van der Waals surface area contributed by atoms with E-state index in [-0.39, 0.29) is 5.41 Å². The first-order valence-corrected chi connectivity index (χ1v) is 8.57. The number of benzene rings is 1. The second-order valence-electron chi connectivity index (χ2n) is 6.42. The van der Waals surface area contributed by atoms with Crippen LogP contribution in [0.5, 0.6) is 0 Å². The summed E-state index contributed by atoms with van der Waals surface area (Å²) in [6.07, 6.45) is 2.40. The summed E-state index contributed by atoms with van der Waals surface area (Å²) in [7, 11) is 0. The molecule has 0 aromatic heterocycles. The van der Waals surface area contributed by atoms with Gasteiger partial charge in [-0.05, 0) is 38.4 Å². The summed E-state index contributed by atoms with van der Waals surface area (Å²) in [5.74, 6) is 0. The van der Waals surface area contributed by atoms with Crippen LogP contribution in [0.15, 0.2) is 30.3 Å². The minimum Gasteiger partial charge on any atom is -0.316 e. The highest BCUT2D eigenvalue weighted by Crippen LogP contribution is 2.25. The Morgan fingerprint density at radius 3 is 2.33 bits per heavy atom. The molecule has 0 saturated heterocycles. The van der Waals surface area contributed by atoms with Crippen LogP contribution in [0.2, 0.25) is 0 Å². The third-order valence-corrected chi connectivity index (χ3v) is 4.59. The third kappa shape index (κ3) is 5.44. The summed E-state index contributed by atoms with van der Waals surface area (Å²) in [5, 5.41) is 3.63. The summed E-state index contributed by atoms with van der Waals surface area (Å²) in [6.45, 7) is 15.9. The summed E-state index contributed by atoms with van der Waals surface area (Å²) in [4.78, 5) is 2.61. The number of nitrogens with zero attached hydrogens (tertiary/aromatic N) is 1. The molecule has 2 nitrogen and oxygen atoms in total. The van der Waals surface area contributed by atoms with Gasteiger partial charge in [-0.3, -0.25) is 0 Å². The van der Waals surface area contributed by atoms with Gasteiger partial charge in [-0.15, -0.1) is 0 Å². The highest BCUT2D eigenvalue weighted by Gasteiger charge is 2.29. The van der Waals surface area contributed by atoms with Crippen molar-refractivity contribution in [3.8, 4) is 0 Å². The SMILES string of the molecule is CCCNCC(C)(CN(CC)C(C)CC)c1ccccc1.